The highest BCUT2D eigenvalue weighted by Crippen LogP contribution is 2.22. The SMILES string of the molecule is Cc1cnc(NCCN(C)C2CCCC2)cc1[N+](=O)[O-]. The van der Waals surface area contributed by atoms with Gasteiger partial charge in [-0.15, -0.1) is 0 Å². The molecule has 0 saturated heterocycles. The molecule has 0 bridgehead atoms. The topological polar surface area (TPSA) is 71.3 Å². The van der Waals surface area contributed by atoms with E-state index in [9.17, 15) is 10.1 Å². The Kier molecular flexibility index (Phi) is 4.89. The van der Waals surface area contributed by atoms with Gasteiger partial charge in [-0.25, -0.2) is 4.98 Å². The number of hydrogen-bond acceptors (Lipinski definition) is 5. The summed E-state index contributed by atoms with van der Waals surface area (Å²) in [5.74, 6) is 0.571. The van der Waals surface area contributed by atoms with Crippen LogP contribution in [-0.2, 0) is 0 Å². The van der Waals surface area contributed by atoms with Gasteiger partial charge in [0.1, 0.15) is 5.82 Å². The van der Waals surface area contributed by atoms with Crippen molar-refractivity contribution in [1.82, 2.24) is 9.88 Å². The van der Waals surface area contributed by atoms with Gasteiger partial charge >= 0.3 is 0 Å². The molecular weight excluding hydrogens is 256 g/mol. The van der Waals surface area contributed by atoms with Gasteiger partial charge in [-0.2, -0.15) is 0 Å². The lowest BCUT2D eigenvalue weighted by Crippen LogP contribution is -2.33. The van der Waals surface area contributed by atoms with Gasteiger partial charge in [-0.3, -0.25) is 10.1 Å². The highest BCUT2D eigenvalue weighted by atomic mass is 16.6. The van der Waals surface area contributed by atoms with E-state index >= 15 is 0 Å². The number of nitrogens with one attached hydrogen (secondary N) is 1. The molecule has 1 fully saturated rings. The van der Waals surface area contributed by atoms with Gasteiger partial charge in [0.25, 0.3) is 5.69 Å². The fourth-order valence-electron chi connectivity index (χ4n) is 2.69. The summed E-state index contributed by atoms with van der Waals surface area (Å²) in [7, 11) is 2.14. The standard InChI is InChI=1S/C14H22N4O2/c1-11-10-16-14(9-13(11)18(19)20)15-7-8-17(2)12-5-3-4-6-12/h9-10,12H,3-8H2,1-2H3,(H,15,16). The van der Waals surface area contributed by atoms with Crippen LogP contribution in [0.2, 0.25) is 0 Å². The lowest BCUT2D eigenvalue weighted by atomic mass is 10.2. The molecule has 1 aromatic heterocycles. The van der Waals surface area contributed by atoms with Crippen molar-refractivity contribution in [3.05, 3.63) is 27.9 Å². The van der Waals surface area contributed by atoms with Gasteiger partial charge in [-0.1, -0.05) is 12.8 Å². The van der Waals surface area contributed by atoms with Crippen molar-refractivity contribution < 1.29 is 4.92 Å². The minimum Gasteiger partial charge on any atom is -0.369 e. The van der Waals surface area contributed by atoms with Gasteiger partial charge in [0.2, 0.25) is 0 Å². The van der Waals surface area contributed by atoms with Crippen LogP contribution in [0.5, 0.6) is 0 Å². The third-order valence-corrected chi connectivity index (χ3v) is 3.99. The lowest BCUT2D eigenvalue weighted by Gasteiger charge is -2.24. The number of anilines is 1. The Hall–Kier alpha value is -1.69. The molecule has 0 unspecified atom stereocenters. The normalized spacial score (nSPS) is 15.8. The first kappa shape index (κ1) is 14.7. The molecule has 0 aromatic carbocycles. The van der Waals surface area contributed by atoms with E-state index in [1.807, 2.05) is 0 Å². The van der Waals surface area contributed by atoms with E-state index in [0.29, 0.717) is 17.4 Å². The molecule has 2 rings (SSSR count). The Morgan fingerprint density at radius 2 is 2.20 bits per heavy atom. The maximum atomic E-state index is 10.9. The van der Waals surface area contributed by atoms with Crippen molar-refractivity contribution in [2.75, 3.05) is 25.5 Å². The third kappa shape index (κ3) is 3.66. The van der Waals surface area contributed by atoms with Gasteiger partial charge in [-0.05, 0) is 26.8 Å². The van der Waals surface area contributed by atoms with E-state index in [1.54, 1.807) is 13.1 Å². The number of likely N-dealkylation sites (N-methyl/N-ethyl adjacent to an activating group) is 1. The fraction of sp³-hybridized carbons (Fsp3) is 0.643. The Balaban J connectivity index is 1.84. The first-order chi connectivity index (χ1) is 9.58. The zero-order valence-corrected chi connectivity index (χ0v) is 12.1. The molecule has 0 aliphatic heterocycles. The molecule has 1 aromatic rings. The predicted octanol–water partition coefficient (Wildman–Crippen LogP) is 2.58. The molecule has 0 amide bonds. The molecule has 6 heteroatoms. The van der Waals surface area contributed by atoms with Gasteiger partial charge in [0, 0.05) is 30.9 Å². The summed E-state index contributed by atoms with van der Waals surface area (Å²) >= 11 is 0. The molecule has 110 valence electrons. The van der Waals surface area contributed by atoms with Crippen LogP contribution in [0.4, 0.5) is 11.5 Å². The Bertz CT molecular complexity index is 472. The van der Waals surface area contributed by atoms with E-state index in [2.05, 4.69) is 22.2 Å². The summed E-state index contributed by atoms with van der Waals surface area (Å²) in [6.07, 6.45) is 6.76. The largest absolute Gasteiger partial charge is 0.369 e. The van der Waals surface area contributed by atoms with Crippen LogP contribution in [0.25, 0.3) is 0 Å². The Morgan fingerprint density at radius 1 is 1.50 bits per heavy atom. The van der Waals surface area contributed by atoms with Gasteiger partial charge in [0.15, 0.2) is 0 Å². The molecule has 0 spiro atoms. The summed E-state index contributed by atoms with van der Waals surface area (Å²) in [6.45, 7) is 3.37. The summed E-state index contributed by atoms with van der Waals surface area (Å²) < 4.78 is 0. The molecule has 1 saturated carbocycles. The number of aryl methyl sites for hydroxylation is 1. The number of hydrogen-bond donors (Lipinski definition) is 1. The summed E-state index contributed by atoms with van der Waals surface area (Å²) in [4.78, 5) is 17.0. The second-order valence-corrected chi connectivity index (χ2v) is 5.46. The van der Waals surface area contributed by atoms with E-state index < -0.39 is 0 Å². The lowest BCUT2D eigenvalue weighted by molar-refractivity contribution is -0.385. The maximum absolute atomic E-state index is 10.9. The molecule has 1 aliphatic carbocycles. The first-order valence-corrected chi connectivity index (χ1v) is 7.13. The van der Waals surface area contributed by atoms with E-state index in [1.165, 1.54) is 31.7 Å². The smallest absolute Gasteiger partial charge is 0.277 e. The summed E-state index contributed by atoms with van der Waals surface area (Å²) in [5.41, 5.74) is 0.704. The van der Waals surface area contributed by atoms with Crippen molar-refractivity contribution in [2.45, 2.75) is 38.6 Å². The predicted molar refractivity (Wildman–Crippen MR) is 79.0 cm³/mol. The summed E-state index contributed by atoms with van der Waals surface area (Å²) in [5, 5.41) is 14.0. The van der Waals surface area contributed by atoms with Gasteiger partial charge in [0.05, 0.1) is 11.0 Å². The van der Waals surface area contributed by atoms with Crippen LogP contribution in [-0.4, -0.2) is 41.0 Å². The molecule has 6 nitrogen and oxygen atoms in total. The van der Waals surface area contributed by atoms with Crippen molar-refractivity contribution in [2.24, 2.45) is 0 Å². The fourth-order valence-corrected chi connectivity index (χ4v) is 2.69. The second kappa shape index (κ2) is 6.65. The minimum atomic E-state index is -0.368. The Labute approximate surface area is 119 Å². The molecule has 20 heavy (non-hydrogen) atoms. The Morgan fingerprint density at radius 3 is 2.85 bits per heavy atom. The highest BCUT2D eigenvalue weighted by Gasteiger charge is 2.19. The second-order valence-electron chi connectivity index (χ2n) is 5.46. The monoisotopic (exact) mass is 278 g/mol. The zero-order valence-electron chi connectivity index (χ0n) is 12.1. The maximum Gasteiger partial charge on any atom is 0.277 e. The average molecular weight is 278 g/mol. The number of nitro groups is 1. The summed E-state index contributed by atoms with van der Waals surface area (Å²) in [6, 6.07) is 2.20. The van der Waals surface area contributed by atoms with E-state index in [4.69, 9.17) is 0 Å². The van der Waals surface area contributed by atoms with E-state index in [-0.39, 0.29) is 10.6 Å². The van der Waals surface area contributed by atoms with Gasteiger partial charge < -0.3 is 10.2 Å². The molecule has 1 heterocycles. The van der Waals surface area contributed by atoms with E-state index in [0.717, 1.165) is 13.1 Å². The third-order valence-electron chi connectivity index (χ3n) is 3.99. The molecule has 1 aliphatic rings. The molecule has 0 radical (unpaired) electrons. The van der Waals surface area contributed by atoms with Crippen LogP contribution in [0.1, 0.15) is 31.2 Å². The van der Waals surface area contributed by atoms with Crippen LogP contribution in [0, 0.1) is 17.0 Å². The van der Waals surface area contributed by atoms with Crippen molar-refractivity contribution in [3.8, 4) is 0 Å². The van der Waals surface area contributed by atoms with Crippen LogP contribution in [0.15, 0.2) is 12.3 Å². The quantitative estimate of drug-likeness (QED) is 0.639. The van der Waals surface area contributed by atoms with Crippen molar-refractivity contribution in [1.29, 1.82) is 0 Å². The van der Waals surface area contributed by atoms with Crippen LogP contribution >= 0.6 is 0 Å². The van der Waals surface area contributed by atoms with Crippen molar-refractivity contribution in [3.63, 3.8) is 0 Å². The first-order valence-electron chi connectivity index (χ1n) is 7.13. The molecular formula is C14H22N4O2. The number of nitrogens with zero attached hydrogens (tertiary/aromatic N) is 3. The average Bonchev–Trinajstić information content (AvgIpc) is 2.94. The molecule has 0 atom stereocenters. The zero-order chi connectivity index (χ0) is 14.5. The number of rotatable bonds is 6. The number of aromatic nitrogens is 1. The van der Waals surface area contributed by atoms with Crippen molar-refractivity contribution >= 4 is 11.5 Å². The highest BCUT2D eigenvalue weighted by molar-refractivity contribution is 5.48. The number of pyridine rings is 1. The minimum absolute atomic E-state index is 0.117. The van der Waals surface area contributed by atoms with Crippen LogP contribution in [0.3, 0.4) is 0 Å². The molecule has 1 N–H and O–H groups in total. The van der Waals surface area contributed by atoms with Crippen LogP contribution < -0.4 is 5.32 Å².